The lowest BCUT2D eigenvalue weighted by Gasteiger charge is -2.35. The van der Waals surface area contributed by atoms with Crippen LogP contribution < -0.4 is 10.2 Å². The van der Waals surface area contributed by atoms with E-state index in [-0.39, 0.29) is 11.5 Å². The molecule has 6 nitrogen and oxygen atoms in total. The Morgan fingerprint density at radius 2 is 1.78 bits per heavy atom. The molecule has 1 aliphatic rings. The number of piperazine rings is 1. The highest BCUT2D eigenvalue weighted by Crippen LogP contribution is 2.21. The first-order valence-electron chi connectivity index (χ1n) is 10.2. The van der Waals surface area contributed by atoms with E-state index in [9.17, 15) is 14.0 Å². The summed E-state index contributed by atoms with van der Waals surface area (Å²) in [7, 11) is 0. The van der Waals surface area contributed by atoms with Gasteiger partial charge in [0.2, 0.25) is 0 Å². The third-order valence-electron chi connectivity index (χ3n) is 5.45. The molecule has 0 bridgehead atoms. The molecular formula is C24H22ClFN4O2. The first-order valence-corrected chi connectivity index (χ1v) is 10.6. The van der Waals surface area contributed by atoms with Crippen molar-refractivity contribution in [2.75, 3.05) is 36.4 Å². The summed E-state index contributed by atoms with van der Waals surface area (Å²) in [5.74, 6) is -0.437. The molecule has 4 rings (SSSR count). The summed E-state index contributed by atoms with van der Waals surface area (Å²) in [5.41, 5.74) is 1.69. The highest BCUT2D eigenvalue weighted by Gasteiger charge is 2.23. The minimum Gasteiger partial charge on any atom is -0.353 e. The van der Waals surface area contributed by atoms with Crippen LogP contribution in [-0.4, -0.2) is 47.9 Å². The number of benzene rings is 2. The number of anilines is 2. The van der Waals surface area contributed by atoms with Crippen molar-refractivity contribution in [1.82, 2.24) is 9.88 Å². The van der Waals surface area contributed by atoms with E-state index in [0.29, 0.717) is 42.5 Å². The number of amides is 2. The van der Waals surface area contributed by atoms with Gasteiger partial charge in [-0.1, -0.05) is 29.8 Å². The molecule has 1 aromatic heterocycles. The summed E-state index contributed by atoms with van der Waals surface area (Å²) in [6.45, 7) is 4.23. The van der Waals surface area contributed by atoms with Crippen LogP contribution in [0.1, 0.15) is 26.3 Å². The van der Waals surface area contributed by atoms with Crippen molar-refractivity contribution in [2.45, 2.75) is 6.92 Å². The molecule has 0 saturated carbocycles. The predicted molar refractivity (Wildman–Crippen MR) is 123 cm³/mol. The number of nitrogens with one attached hydrogen (secondary N) is 1. The number of aryl methyl sites for hydroxylation is 1. The van der Waals surface area contributed by atoms with Gasteiger partial charge in [-0.2, -0.15) is 0 Å². The van der Waals surface area contributed by atoms with Crippen molar-refractivity contribution in [3.8, 4) is 0 Å². The van der Waals surface area contributed by atoms with Gasteiger partial charge >= 0.3 is 0 Å². The summed E-state index contributed by atoms with van der Waals surface area (Å²) >= 11 is 5.90. The fourth-order valence-electron chi connectivity index (χ4n) is 3.60. The van der Waals surface area contributed by atoms with Gasteiger partial charge < -0.3 is 15.1 Å². The molecule has 32 heavy (non-hydrogen) atoms. The van der Waals surface area contributed by atoms with E-state index in [1.807, 2.05) is 13.0 Å². The highest BCUT2D eigenvalue weighted by atomic mass is 35.5. The summed E-state index contributed by atoms with van der Waals surface area (Å²) < 4.78 is 13.9. The largest absolute Gasteiger partial charge is 0.353 e. The van der Waals surface area contributed by atoms with Gasteiger partial charge in [0, 0.05) is 43.6 Å². The standard InChI is InChI=1S/C24H22ClFN4O2/c1-16-6-7-17(14-21(16)28-23(31)19-4-2-3-5-20(19)26)24(32)30-12-10-29(11-13-30)22-9-8-18(25)15-27-22/h2-9,14-15H,10-13H2,1H3,(H,28,31). The highest BCUT2D eigenvalue weighted by molar-refractivity contribution is 6.30. The molecule has 8 heteroatoms. The van der Waals surface area contributed by atoms with Gasteiger partial charge in [0.15, 0.2) is 0 Å². The van der Waals surface area contributed by atoms with E-state index < -0.39 is 11.7 Å². The Kier molecular flexibility index (Phi) is 6.37. The zero-order chi connectivity index (χ0) is 22.7. The van der Waals surface area contributed by atoms with E-state index in [1.54, 1.807) is 41.4 Å². The van der Waals surface area contributed by atoms with E-state index in [0.717, 1.165) is 11.4 Å². The molecule has 0 radical (unpaired) electrons. The van der Waals surface area contributed by atoms with Crippen LogP contribution in [0.15, 0.2) is 60.8 Å². The lowest BCUT2D eigenvalue weighted by atomic mass is 10.1. The molecule has 1 aliphatic heterocycles. The van der Waals surface area contributed by atoms with Crippen LogP contribution in [0.25, 0.3) is 0 Å². The van der Waals surface area contributed by atoms with Crippen molar-refractivity contribution >= 4 is 34.9 Å². The van der Waals surface area contributed by atoms with Gasteiger partial charge in [0.05, 0.1) is 10.6 Å². The number of hydrogen-bond acceptors (Lipinski definition) is 4. The van der Waals surface area contributed by atoms with Crippen molar-refractivity contribution in [3.63, 3.8) is 0 Å². The van der Waals surface area contributed by atoms with Crippen molar-refractivity contribution in [3.05, 3.63) is 88.3 Å². The third kappa shape index (κ3) is 4.73. The number of aromatic nitrogens is 1. The Morgan fingerprint density at radius 1 is 1.03 bits per heavy atom. The molecule has 0 unspecified atom stereocenters. The number of pyridine rings is 1. The van der Waals surface area contributed by atoms with E-state index in [2.05, 4.69) is 15.2 Å². The van der Waals surface area contributed by atoms with Gasteiger partial charge in [0.1, 0.15) is 11.6 Å². The number of carbonyl (C=O) groups excluding carboxylic acids is 2. The monoisotopic (exact) mass is 452 g/mol. The topological polar surface area (TPSA) is 65.5 Å². The fraction of sp³-hybridized carbons (Fsp3) is 0.208. The average molecular weight is 453 g/mol. The lowest BCUT2D eigenvalue weighted by Crippen LogP contribution is -2.49. The zero-order valence-electron chi connectivity index (χ0n) is 17.5. The van der Waals surface area contributed by atoms with Crippen LogP contribution in [0.5, 0.6) is 0 Å². The second kappa shape index (κ2) is 9.36. The lowest BCUT2D eigenvalue weighted by molar-refractivity contribution is 0.0746. The number of nitrogens with zero attached hydrogens (tertiary/aromatic N) is 3. The smallest absolute Gasteiger partial charge is 0.258 e. The minimum atomic E-state index is -0.595. The maximum absolute atomic E-state index is 13.9. The second-order valence-corrected chi connectivity index (χ2v) is 8.01. The molecule has 2 amide bonds. The molecule has 1 fully saturated rings. The number of carbonyl (C=O) groups is 2. The van der Waals surface area contributed by atoms with Crippen molar-refractivity contribution in [1.29, 1.82) is 0 Å². The van der Waals surface area contributed by atoms with Crippen LogP contribution in [0.2, 0.25) is 5.02 Å². The van der Waals surface area contributed by atoms with E-state index in [4.69, 9.17) is 11.6 Å². The Labute approximate surface area is 190 Å². The Bertz CT molecular complexity index is 1140. The van der Waals surface area contributed by atoms with Crippen LogP contribution in [-0.2, 0) is 0 Å². The van der Waals surface area contributed by atoms with Gasteiger partial charge in [0.25, 0.3) is 11.8 Å². The molecule has 1 saturated heterocycles. The molecule has 0 aliphatic carbocycles. The van der Waals surface area contributed by atoms with E-state index in [1.165, 1.54) is 18.2 Å². The van der Waals surface area contributed by atoms with Crippen LogP contribution >= 0.6 is 11.6 Å². The average Bonchev–Trinajstić information content (AvgIpc) is 2.81. The van der Waals surface area contributed by atoms with Gasteiger partial charge in [-0.3, -0.25) is 9.59 Å². The first kappa shape index (κ1) is 21.8. The van der Waals surface area contributed by atoms with Crippen molar-refractivity contribution in [2.24, 2.45) is 0 Å². The maximum Gasteiger partial charge on any atom is 0.258 e. The van der Waals surface area contributed by atoms with Gasteiger partial charge in [-0.15, -0.1) is 0 Å². The van der Waals surface area contributed by atoms with Crippen LogP contribution in [0.4, 0.5) is 15.9 Å². The molecule has 2 heterocycles. The second-order valence-electron chi connectivity index (χ2n) is 7.58. The fourth-order valence-corrected chi connectivity index (χ4v) is 3.71. The van der Waals surface area contributed by atoms with E-state index >= 15 is 0 Å². The maximum atomic E-state index is 13.9. The van der Waals surface area contributed by atoms with Gasteiger partial charge in [-0.25, -0.2) is 9.37 Å². The Hall–Kier alpha value is -3.45. The molecule has 1 N–H and O–H groups in total. The summed E-state index contributed by atoms with van der Waals surface area (Å²) in [5, 5.41) is 3.30. The van der Waals surface area contributed by atoms with Gasteiger partial charge in [-0.05, 0) is 48.9 Å². The predicted octanol–water partition coefficient (Wildman–Crippen LogP) is 4.40. The Balaban J connectivity index is 1.44. The molecular weight excluding hydrogens is 431 g/mol. The number of hydrogen-bond donors (Lipinski definition) is 1. The molecule has 0 atom stereocenters. The Morgan fingerprint density at radius 3 is 2.47 bits per heavy atom. The molecule has 2 aromatic carbocycles. The number of rotatable bonds is 4. The summed E-state index contributed by atoms with van der Waals surface area (Å²) in [6.07, 6.45) is 1.61. The van der Waals surface area contributed by atoms with Crippen LogP contribution in [0, 0.1) is 12.7 Å². The summed E-state index contributed by atoms with van der Waals surface area (Å²) in [6, 6.07) is 14.6. The number of halogens is 2. The zero-order valence-corrected chi connectivity index (χ0v) is 18.3. The molecule has 0 spiro atoms. The minimum absolute atomic E-state index is 0.0458. The third-order valence-corrected chi connectivity index (χ3v) is 5.68. The quantitative estimate of drug-likeness (QED) is 0.637. The summed E-state index contributed by atoms with van der Waals surface area (Å²) in [4.78, 5) is 33.8. The molecule has 3 aromatic rings. The van der Waals surface area contributed by atoms with Crippen molar-refractivity contribution < 1.29 is 14.0 Å². The first-order chi connectivity index (χ1) is 15.4. The normalized spacial score (nSPS) is 13.7. The SMILES string of the molecule is Cc1ccc(C(=O)N2CCN(c3ccc(Cl)cn3)CC2)cc1NC(=O)c1ccccc1F. The molecule has 164 valence electrons. The van der Waals surface area contributed by atoms with Crippen LogP contribution in [0.3, 0.4) is 0 Å².